The average molecular weight is 225 g/mol. The molecule has 0 saturated carbocycles. The molecule has 0 amide bonds. The van der Waals surface area contributed by atoms with Gasteiger partial charge in [0.1, 0.15) is 5.82 Å². The topological polar surface area (TPSA) is 21.3 Å². The Kier molecular flexibility index (Phi) is 5.86. The van der Waals surface area contributed by atoms with E-state index in [1.54, 1.807) is 6.07 Å². The minimum atomic E-state index is -0.217. The number of rotatable bonds is 7. The minimum absolute atomic E-state index is 0.217. The summed E-state index contributed by atoms with van der Waals surface area (Å²) in [6.45, 7) is 5.58. The van der Waals surface area contributed by atoms with Crippen molar-refractivity contribution in [3.63, 3.8) is 0 Å². The van der Waals surface area contributed by atoms with E-state index < -0.39 is 0 Å². The molecule has 1 N–H and O–H groups in total. The van der Waals surface area contributed by atoms with Gasteiger partial charge in [-0.1, -0.05) is 19.4 Å². The Labute approximate surface area is 96.8 Å². The second-order valence-electron chi connectivity index (χ2n) is 3.91. The summed E-state index contributed by atoms with van der Waals surface area (Å²) in [5.41, 5.74) is 0.798. The molecule has 1 atom stereocenters. The van der Waals surface area contributed by atoms with Gasteiger partial charge in [-0.15, -0.1) is 0 Å². The van der Waals surface area contributed by atoms with E-state index in [2.05, 4.69) is 19.2 Å². The van der Waals surface area contributed by atoms with Crippen LogP contribution in [-0.4, -0.2) is 19.3 Å². The van der Waals surface area contributed by atoms with Gasteiger partial charge in [0.25, 0.3) is 0 Å². The first-order valence-corrected chi connectivity index (χ1v) is 5.83. The maximum Gasteiger partial charge on any atom is 0.125 e. The Morgan fingerprint density at radius 1 is 1.44 bits per heavy atom. The van der Waals surface area contributed by atoms with Crippen molar-refractivity contribution in [1.82, 2.24) is 0 Å². The van der Waals surface area contributed by atoms with Gasteiger partial charge < -0.3 is 10.1 Å². The molecule has 0 aliphatic carbocycles. The zero-order valence-corrected chi connectivity index (χ0v) is 10.0. The third-order valence-electron chi connectivity index (χ3n) is 2.35. The molecule has 0 bridgehead atoms. The zero-order chi connectivity index (χ0) is 11.8. The number of halogens is 1. The molecule has 16 heavy (non-hydrogen) atoms. The molecular formula is C13H20FNO. The summed E-state index contributed by atoms with van der Waals surface area (Å²) in [6, 6.07) is 6.46. The molecule has 0 radical (unpaired) electrons. The monoisotopic (exact) mass is 225 g/mol. The maximum atomic E-state index is 12.8. The van der Waals surface area contributed by atoms with Crippen LogP contribution in [0.25, 0.3) is 0 Å². The van der Waals surface area contributed by atoms with Gasteiger partial charge in [0.15, 0.2) is 0 Å². The quantitative estimate of drug-likeness (QED) is 0.718. The highest BCUT2D eigenvalue weighted by Crippen LogP contribution is 2.08. The second-order valence-corrected chi connectivity index (χ2v) is 3.91. The summed E-state index contributed by atoms with van der Waals surface area (Å²) in [6.07, 6.45) is 2.53. The second kappa shape index (κ2) is 7.23. The molecule has 1 rings (SSSR count). The van der Waals surface area contributed by atoms with Crippen LogP contribution in [0.4, 0.5) is 10.1 Å². The lowest BCUT2D eigenvalue weighted by molar-refractivity contribution is 0.0673. The average Bonchev–Trinajstić information content (AvgIpc) is 2.25. The Morgan fingerprint density at radius 2 is 2.25 bits per heavy atom. The largest absolute Gasteiger partial charge is 0.383 e. The Bertz CT molecular complexity index is 304. The van der Waals surface area contributed by atoms with Gasteiger partial charge in [-0.3, -0.25) is 0 Å². The fourth-order valence-corrected chi connectivity index (χ4v) is 1.54. The van der Waals surface area contributed by atoms with E-state index in [0.29, 0.717) is 19.3 Å². The molecular weight excluding hydrogens is 205 g/mol. The van der Waals surface area contributed by atoms with Gasteiger partial charge >= 0.3 is 0 Å². The van der Waals surface area contributed by atoms with Crippen molar-refractivity contribution in [3.05, 3.63) is 30.1 Å². The summed E-state index contributed by atoms with van der Waals surface area (Å²) in [7, 11) is 0. The summed E-state index contributed by atoms with van der Waals surface area (Å²) < 4.78 is 18.4. The summed E-state index contributed by atoms with van der Waals surface area (Å²) >= 11 is 0. The third-order valence-corrected chi connectivity index (χ3v) is 2.35. The van der Waals surface area contributed by atoms with E-state index in [1.165, 1.54) is 12.1 Å². The van der Waals surface area contributed by atoms with Crippen LogP contribution >= 0.6 is 0 Å². The molecule has 0 aromatic heterocycles. The summed E-state index contributed by atoms with van der Waals surface area (Å²) in [4.78, 5) is 0. The van der Waals surface area contributed by atoms with Gasteiger partial charge in [-0.05, 0) is 31.5 Å². The van der Waals surface area contributed by atoms with Crippen LogP contribution in [0, 0.1) is 5.82 Å². The summed E-state index contributed by atoms with van der Waals surface area (Å²) in [5.74, 6) is -0.217. The van der Waals surface area contributed by atoms with Gasteiger partial charge in [0.05, 0.1) is 12.7 Å². The van der Waals surface area contributed by atoms with E-state index >= 15 is 0 Å². The molecule has 0 fully saturated rings. The van der Waals surface area contributed by atoms with Crippen LogP contribution in [0.5, 0.6) is 0 Å². The number of benzene rings is 1. The number of anilines is 1. The van der Waals surface area contributed by atoms with Crippen LogP contribution in [0.15, 0.2) is 24.3 Å². The Balaban J connectivity index is 2.16. The van der Waals surface area contributed by atoms with E-state index in [-0.39, 0.29) is 5.82 Å². The fraction of sp³-hybridized carbons (Fsp3) is 0.538. The Hall–Kier alpha value is -1.09. The molecule has 90 valence electrons. The number of hydrogen-bond donors (Lipinski definition) is 1. The molecule has 0 aliphatic heterocycles. The lowest BCUT2D eigenvalue weighted by atomic mass is 10.2. The van der Waals surface area contributed by atoms with E-state index in [0.717, 1.165) is 18.5 Å². The van der Waals surface area contributed by atoms with Gasteiger partial charge in [-0.25, -0.2) is 4.39 Å². The first-order chi connectivity index (χ1) is 7.72. The van der Waals surface area contributed by atoms with Gasteiger partial charge in [-0.2, -0.15) is 0 Å². The van der Waals surface area contributed by atoms with Crippen LogP contribution in [0.2, 0.25) is 0 Å². The predicted octanol–water partition coefficient (Wildman–Crippen LogP) is 3.44. The first kappa shape index (κ1) is 13.0. The molecule has 3 heteroatoms. The van der Waals surface area contributed by atoms with Crippen LogP contribution in [0.1, 0.15) is 26.7 Å². The van der Waals surface area contributed by atoms with Crippen LogP contribution < -0.4 is 5.32 Å². The highest BCUT2D eigenvalue weighted by atomic mass is 19.1. The molecule has 0 spiro atoms. The predicted molar refractivity (Wildman–Crippen MR) is 65.2 cm³/mol. The van der Waals surface area contributed by atoms with Crippen molar-refractivity contribution in [2.45, 2.75) is 32.8 Å². The van der Waals surface area contributed by atoms with Crippen molar-refractivity contribution >= 4 is 5.69 Å². The fourth-order valence-electron chi connectivity index (χ4n) is 1.54. The van der Waals surface area contributed by atoms with Crippen molar-refractivity contribution in [2.24, 2.45) is 0 Å². The van der Waals surface area contributed by atoms with E-state index in [1.807, 2.05) is 6.07 Å². The molecule has 1 aromatic carbocycles. The van der Waals surface area contributed by atoms with Crippen LogP contribution in [-0.2, 0) is 4.74 Å². The first-order valence-electron chi connectivity index (χ1n) is 5.83. The number of nitrogens with one attached hydrogen (secondary N) is 1. The SMILES string of the molecule is CCCC(C)OCCNc1cccc(F)c1. The highest BCUT2D eigenvalue weighted by Gasteiger charge is 1.99. The Morgan fingerprint density at radius 3 is 2.94 bits per heavy atom. The third kappa shape index (κ3) is 5.12. The molecule has 0 saturated heterocycles. The zero-order valence-electron chi connectivity index (χ0n) is 10.0. The molecule has 0 aliphatic rings. The molecule has 1 unspecified atom stereocenters. The smallest absolute Gasteiger partial charge is 0.125 e. The van der Waals surface area contributed by atoms with Gasteiger partial charge in [0.2, 0.25) is 0 Å². The van der Waals surface area contributed by atoms with Crippen molar-refractivity contribution in [1.29, 1.82) is 0 Å². The van der Waals surface area contributed by atoms with Crippen molar-refractivity contribution in [3.8, 4) is 0 Å². The normalized spacial score (nSPS) is 12.4. The molecule has 1 aromatic rings. The van der Waals surface area contributed by atoms with Crippen molar-refractivity contribution in [2.75, 3.05) is 18.5 Å². The minimum Gasteiger partial charge on any atom is -0.383 e. The van der Waals surface area contributed by atoms with Crippen LogP contribution in [0.3, 0.4) is 0 Å². The van der Waals surface area contributed by atoms with Crippen molar-refractivity contribution < 1.29 is 9.13 Å². The molecule has 0 heterocycles. The standard InChI is InChI=1S/C13H20FNO/c1-3-5-11(2)16-9-8-15-13-7-4-6-12(14)10-13/h4,6-7,10-11,15H,3,5,8-9H2,1-2H3. The van der Waals surface area contributed by atoms with E-state index in [4.69, 9.17) is 4.74 Å². The summed E-state index contributed by atoms with van der Waals surface area (Å²) in [5, 5.41) is 3.12. The number of ether oxygens (including phenoxy) is 1. The lowest BCUT2D eigenvalue weighted by Crippen LogP contribution is -2.15. The molecule has 2 nitrogen and oxygen atoms in total. The number of hydrogen-bond acceptors (Lipinski definition) is 2. The maximum absolute atomic E-state index is 12.8. The lowest BCUT2D eigenvalue weighted by Gasteiger charge is -2.12. The van der Waals surface area contributed by atoms with Gasteiger partial charge in [0, 0.05) is 12.2 Å². The van der Waals surface area contributed by atoms with E-state index in [9.17, 15) is 4.39 Å². The highest BCUT2D eigenvalue weighted by molar-refractivity contribution is 5.42.